The quantitative estimate of drug-likeness (QED) is 0.789. The summed E-state index contributed by atoms with van der Waals surface area (Å²) in [5, 5.41) is 3.88. The van der Waals surface area contributed by atoms with Gasteiger partial charge in [0.05, 0.1) is 16.8 Å². The van der Waals surface area contributed by atoms with E-state index in [1.54, 1.807) is 23.3 Å². The molecule has 3 rings (SSSR count). The number of aromatic nitrogens is 1. The van der Waals surface area contributed by atoms with Gasteiger partial charge in [-0.05, 0) is 24.6 Å². The number of para-hydroxylation sites is 1. The molecule has 5 heteroatoms. The zero-order valence-corrected chi connectivity index (χ0v) is 14.1. The number of rotatable bonds is 4. The lowest BCUT2D eigenvalue weighted by atomic mass is 10.1. The zero-order valence-electron chi connectivity index (χ0n) is 13.2. The molecule has 0 fully saturated rings. The van der Waals surface area contributed by atoms with Gasteiger partial charge in [0.1, 0.15) is 5.01 Å². The second-order valence-corrected chi connectivity index (χ2v) is 6.69. The first-order chi connectivity index (χ1) is 11.1. The van der Waals surface area contributed by atoms with E-state index in [0.717, 1.165) is 20.8 Å². The minimum Gasteiger partial charge on any atom is -0.334 e. The highest BCUT2D eigenvalue weighted by atomic mass is 32.1. The first-order valence-electron chi connectivity index (χ1n) is 7.51. The van der Waals surface area contributed by atoms with E-state index in [0.29, 0.717) is 13.1 Å². The highest BCUT2D eigenvalue weighted by Gasteiger charge is 2.11. The Kier molecular flexibility index (Phi) is 4.57. The van der Waals surface area contributed by atoms with Gasteiger partial charge in [0.2, 0.25) is 0 Å². The Morgan fingerprint density at radius 1 is 1.17 bits per heavy atom. The first-order valence-corrected chi connectivity index (χ1v) is 8.32. The highest BCUT2D eigenvalue weighted by molar-refractivity contribution is 7.18. The maximum Gasteiger partial charge on any atom is 0.317 e. The van der Waals surface area contributed by atoms with E-state index in [4.69, 9.17) is 0 Å². The van der Waals surface area contributed by atoms with E-state index < -0.39 is 0 Å². The van der Waals surface area contributed by atoms with Crippen LogP contribution in [0.3, 0.4) is 0 Å². The van der Waals surface area contributed by atoms with Gasteiger partial charge in [-0.15, -0.1) is 11.3 Å². The van der Waals surface area contributed by atoms with Crippen LogP contribution in [0.4, 0.5) is 4.79 Å². The molecule has 118 valence electrons. The third kappa shape index (κ3) is 3.87. The van der Waals surface area contributed by atoms with Crippen LogP contribution in [0.25, 0.3) is 10.2 Å². The van der Waals surface area contributed by atoms with Gasteiger partial charge >= 0.3 is 6.03 Å². The molecule has 0 unspecified atom stereocenters. The van der Waals surface area contributed by atoms with Gasteiger partial charge in [-0.3, -0.25) is 0 Å². The highest BCUT2D eigenvalue weighted by Crippen LogP contribution is 2.22. The lowest BCUT2D eigenvalue weighted by Gasteiger charge is -2.16. The van der Waals surface area contributed by atoms with Crippen molar-refractivity contribution in [2.45, 2.75) is 20.0 Å². The van der Waals surface area contributed by atoms with Crippen molar-refractivity contribution in [3.05, 3.63) is 64.7 Å². The largest absolute Gasteiger partial charge is 0.334 e. The summed E-state index contributed by atoms with van der Waals surface area (Å²) in [6.45, 7) is 3.09. The second-order valence-electron chi connectivity index (χ2n) is 5.58. The molecule has 2 aromatic carbocycles. The lowest BCUT2D eigenvalue weighted by molar-refractivity contribution is 0.206. The molecule has 0 atom stereocenters. The molecule has 2 amide bonds. The molecule has 0 aliphatic carbocycles. The monoisotopic (exact) mass is 325 g/mol. The predicted octanol–water partition coefficient (Wildman–Crippen LogP) is 3.95. The summed E-state index contributed by atoms with van der Waals surface area (Å²) in [7, 11) is 1.79. The first kappa shape index (κ1) is 15.5. The molecule has 3 aromatic rings. The van der Waals surface area contributed by atoms with Crippen molar-refractivity contribution in [2.24, 2.45) is 0 Å². The summed E-state index contributed by atoms with van der Waals surface area (Å²) in [4.78, 5) is 18.4. The molecule has 0 bridgehead atoms. The maximum absolute atomic E-state index is 12.2. The van der Waals surface area contributed by atoms with E-state index in [1.165, 1.54) is 5.56 Å². The molecule has 0 spiro atoms. The van der Waals surface area contributed by atoms with Crippen LogP contribution in [-0.4, -0.2) is 23.0 Å². The number of carbonyl (C=O) groups excluding carboxylic acids is 1. The fraction of sp³-hybridized carbons (Fsp3) is 0.222. The molecule has 1 N–H and O–H groups in total. The van der Waals surface area contributed by atoms with E-state index in [-0.39, 0.29) is 6.03 Å². The van der Waals surface area contributed by atoms with E-state index in [1.807, 2.05) is 55.5 Å². The average Bonchev–Trinajstić information content (AvgIpc) is 2.96. The Morgan fingerprint density at radius 3 is 2.65 bits per heavy atom. The molecule has 0 radical (unpaired) electrons. The third-order valence-electron chi connectivity index (χ3n) is 3.62. The molecule has 23 heavy (non-hydrogen) atoms. The van der Waals surface area contributed by atoms with E-state index in [9.17, 15) is 4.79 Å². The van der Waals surface area contributed by atoms with Crippen LogP contribution in [0.2, 0.25) is 0 Å². The van der Waals surface area contributed by atoms with Crippen LogP contribution in [0.15, 0.2) is 48.5 Å². The molecule has 0 aliphatic rings. The normalized spacial score (nSPS) is 10.7. The fourth-order valence-electron chi connectivity index (χ4n) is 2.28. The summed E-state index contributed by atoms with van der Waals surface area (Å²) < 4.78 is 1.15. The standard InChI is InChI=1S/C18H19N3OS/c1-13-7-9-14(10-8-13)11-19-18(22)21(2)12-17-20-15-5-3-4-6-16(15)23-17/h3-10H,11-12H2,1-2H3,(H,19,22). The fourth-order valence-corrected chi connectivity index (χ4v) is 3.30. The number of hydrogen-bond acceptors (Lipinski definition) is 3. The molecule has 0 aliphatic heterocycles. The van der Waals surface area contributed by atoms with Crippen molar-refractivity contribution in [3.63, 3.8) is 0 Å². The number of benzene rings is 2. The minimum atomic E-state index is -0.0927. The smallest absolute Gasteiger partial charge is 0.317 e. The SMILES string of the molecule is Cc1ccc(CNC(=O)N(C)Cc2nc3ccccc3s2)cc1. The van der Waals surface area contributed by atoms with Crippen molar-refractivity contribution in [2.75, 3.05) is 7.05 Å². The van der Waals surface area contributed by atoms with Gasteiger partial charge in [-0.1, -0.05) is 42.0 Å². The van der Waals surface area contributed by atoms with Gasteiger partial charge in [-0.25, -0.2) is 9.78 Å². The van der Waals surface area contributed by atoms with Crippen molar-refractivity contribution in [1.82, 2.24) is 15.2 Å². The van der Waals surface area contributed by atoms with Crippen molar-refractivity contribution >= 4 is 27.6 Å². The maximum atomic E-state index is 12.2. The molecule has 4 nitrogen and oxygen atoms in total. The van der Waals surface area contributed by atoms with Crippen molar-refractivity contribution in [1.29, 1.82) is 0 Å². The summed E-state index contributed by atoms with van der Waals surface area (Å²) in [5.41, 5.74) is 3.30. The minimum absolute atomic E-state index is 0.0927. The summed E-state index contributed by atoms with van der Waals surface area (Å²) in [6, 6.07) is 16.1. The number of thiazole rings is 1. The number of aryl methyl sites for hydroxylation is 1. The Morgan fingerprint density at radius 2 is 1.91 bits per heavy atom. The Hall–Kier alpha value is -2.40. The Bertz CT molecular complexity index is 778. The number of amides is 2. The number of fused-ring (bicyclic) bond motifs is 1. The number of nitrogens with zero attached hydrogens (tertiary/aromatic N) is 2. The van der Waals surface area contributed by atoms with Crippen LogP contribution >= 0.6 is 11.3 Å². The van der Waals surface area contributed by atoms with Gasteiger partial charge < -0.3 is 10.2 Å². The topological polar surface area (TPSA) is 45.2 Å². The second kappa shape index (κ2) is 6.79. The van der Waals surface area contributed by atoms with Gasteiger partial charge in [0, 0.05) is 13.6 Å². The van der Waals surface area contributed by atoms with Gasteiger partial charge in [0.25, 0.3) is 0 Å². The Labute approximate surface area is 139 Å². The van der Waals surface area contributed by atoms with Crippen LogP contribution in [0.5, 0.6) is 0 Å². The van der Waals surface area contributed by atoms with Gasteiger partial charge in [-0.2, -0.15) is 0 Å². The van der Waals surface area contributed by atoms with Crippen LogP contribution in [0.1, 0.15) is 16.1 Å². The zero-order chi connectivity index (χ0) is 16.2. The molecular formula is C18H19N3OS. The lowest BCUT2D eigenvalue weighted by Crippen LogP contribution is -2.36. The third-order valence-corrected chi connectivity index (χ3v) is 4.64. The predicted molar refractivity (Wildman–Crippen MR) is 94.5 cm³/mol. The van der Waals surface area contributed by atoms with Crippen LogP contribution in [-0.2, 0) is 13.1 Å². The summed E-state index contributed by atoms with van der Waals surface area (Å²) in [6.07, 6.45) is 0. The van der Waals surface area contributed by atoms with Gasteiger partial charge in [0.15, 0.2) is 0 Å². The molecule has 1 heterocycles. The number of carbonyl (C=O) groups is 1. The average molecular weight is 325 g/mol. The summed E-state index contributed by atoms with van der Waals surface area (Å²) >= 11 is 1.63. The van der Waals surface area contributed by atoms with E-state index >= 15 is 0 Å². The number of urea groups is 1. The number of hydrogen-bond donors (Lipinski definition) is 1. The van der Waals surface area contributed by atoms with E-state index in [2.05, 4.69) is 10.3 Å². The molecule has 0 saturated carbocycles. The molecule has 1 aromatic heterocycles. The van der Waals surface area contributed by atoms with Crippen molar-refractivity contribution in [3.8, 4) is 0 Å². The molecular weight excluding hydrogens is 306 g/mol. The number of nitrogens with one attached hydrogen (secondary N) is 1. The van der Waals surface area contributed by atoms with Crippen LogP contribution in [0, 0.1) is 6.92 Å². The summed E-state index contributed by atoms with van der Waals surface area (Å²) in [5.74, 6) is 0. The Balaban J connectivity index is 1.57. The molecule has 0 saturated heterocycles. The van der Waals surface area contributed by atoms with Crippen LogP contribution < -0.4 is 5.32 Å². The van der Waals surface area contributed by atoms with Crippen molar-refractivity contribution < 1.29 is 4.79 Å².